The zero-order valence-electron chi connectivity index (χ0n) is 17.7. The number of aryl methyl sites for hydroxylation is 1. The van der Waals surface area contributed by atoms with Gasteiger partial charge in [0.1, 0.15) is 17.5 Å². The fourth-order valence-corrected chi connectivity index (χ4v) is 4.17. The molecule has 0 amide bonds. The molecule has 0 spiro atoms. The molecule has 2 aliphatic rings. The van der Waals surface area contributed by atoms with Crippen LogP contribution in [0.25, 0.3) is 0 Å². The van der Waals surface area contributed by atoms with Crippen molar-refractivity contribution in [2.75, 3.05) is 16.8 Å². The van der Waals surface area contributed by atoms with Crippen LogP contribution in [-0.2, 0) is 18.8 Å². The van der Waals surface area contributed by atoms with Gasteiger partial charge in [-0.25, -0.2) is 9.97 Å². The van der Waals surface area contributed by atoms with E-state index >= 15 is 0 Å². The normalized spacial score (nSPS) is 17.4. The Balaban J connectivity index is 1.72. The van der Waals surface area contributed by atoms with Gasteiger partial charge in [-0.3, -0.25) is 0 Å². The molecule has 1 atom stereocenters. The van der Waals surface area contributed by atoms with E-state index in [0.29, 0.717) is 41.4 Å². The minimum atomic E-state index is -4.94. The standard InChI is InChI=1S/C22H24F6N4/c1-3-15(10-13-4-5-13)31-19-16-8-9-32(20(16)30-12(2)29-19)18-7-6-14(21(23,24)25)11-17(18)22(26,27)28/h6-7,11,13,15H,3-5,8-10H2,1-2H3,(H,29,30,31). The Morgan fingerprint density at radius 1 is 1.09 bits per heavy atom. The molecule has 1 aromatic carbocycles. The maximum absolute atomic E-state index is 13.7. The number of halogens is 6. The van der Waals surface area contributed by atoms with Gasteiger partial charge in [-0.15, -0.1) is 0 Å². The molecule has 1 aromatic heterocycles. The Bertz CT molecular complexity index is 997. The number of alkyl halides is 6. The van der Waals surface area contributed by atoms with Crippen molar-refractivity contribution in [2.24, 2.45) is 5.92 Å². The van der Waals surface area contributed by atoms with E-state index in [0.717, 1.165) is 18.9 Å². The van der Waals surface area contributed by atoms with Gasteiger partial charge in [-0.05, 0) is 50.3 Å². The number of anilines is 3. The van der Waals surface area contributed by atoms with Crippen molar-refractivity contribution >= 4 is 17.3 Å². The molecule has 1 aliphatic carbocycles. The third-order valence-electron chi connectivity index (χ3n) is 6.01. The Hall–Kier alpha value is -2.52. The van der Waals surface area contributed by atoms with Gasteiger partial charge in [0.15, 0.2) is 0 Å². The SMILES string of the molecule is CCC(CC1CC1)Nc1nc(C)nc2c1CCN2c1ccc(C(F)(F)F)cc1C(F)(F)F. The summed E-state index contributed by atoms with van der Waals surface area (Å²) in [7, 11) is 0. The highest BCUT2D eigenvalue weighted by molar-refractivity contribution is 5.74. The van der Waals surface area contributed by atoms with Crippen LogP contribution in [0.2, 0.25) is 0 Å². The van der Waals surface area contributed by atoms with Crippen LogP contribution in [0.4, 0.5) is 43.7 Å². The monoisotopic (exact) mass is 458 g/mol. The van der Waals surface area contributed by atoms with E-state index in [1.165, 1.54) is 17.7 Å². The smallest absolute Gasteiger partial charge is 0.367 e. The maximum Gasteiger partial charge on any atom is 0.418 e. The molecule has 1 saturated carbocycles. The maximum atomic E-state index is 13.7. The van der Waals surface area contributed by atoms with Crippen LogP contribution in [0.5, 0.6) is 0 Å². The molecule has 4 nitrogen and oxygen atoms in total. The van der Waals surface area contributed by atoms with E-state index in [2.05, 4.69) is 22.2 Å². The van der Waals surface area contributed by atoms with Crippen molar-refractivity contribution in [3.63, 3.8) is 0 Å². The first-order valence-corrected chi connectivity index (χ1v) is 10.7. The zero-order valence-corrected chi connectivity index (χ0v) is 17.7. The van der Waals surface area contributed by atoms with Gasteiger partial charge < -0.3 is 10.2 Å². The molecule has 0 radical (unpaired) electrons. The van der Waals surface area contributed by atoms with E-state index in [1.807, 2.05) is 0 Å². The Morgan fingerprint density at radius 3 is 2.41 bits per heavy atom. The summed E-state index contributed by atoms with van der Waals surface area (Å²) in [6.07, 6.45) is -5.10. The molecular formula is C22H24F6N4. The second-order valence-corrected chi connectivity index (χ2v) is 8.48. The third kappa shape index (κ3) is 4.63. The average molecular weight is 458 g/mol. The third-order valence-corrected chi connectivity index (χ3v) is 6.01. The van der Waals surface area contributed by atoms with Crippen LogP contribution in [0.15, 0.2) is 18.2 Å². The Labute approximate surface area is 182 Å². The summed E-state index contributed by atoms with van der Waals surface area (Å²) in [6.45, 7) is 3.90. The first-order valence-electron chi connectivity index (χ1n) is 10.7. The van der Waals surface area contributed by atoms with E-state index in [4.69, 9.17) is 0 Å². The van der Waals surface area contributed by atoms with Crippen LogP contribution in [0.3, 0.4) is 0 Å². The van der Waals surface area contributed by atoms with E-state index in [-0.39, 0.29) is 24.3 Å². The Morgan fingerprint density at radius 2 is 1.81 bits per heavy atom. The second-order valence-electron chi connectivity index (χ2n) is 8.48. The second kappa shape index (κ2) is 8.12. The van der Waals surface area contributed by atoms with Gasteiger partial charge in [0, 0.05) is 18.2 Å². The van der Waals surface area contributed by atoms with Gasteiger partial charge in [0.05, 0.1) is 16.8 Å². The number of hydrogen-bond donors (Lipinski definition) is 1. The molecule has 32 heavy (non-hydrogen) atoms. The number of benzene rings is 1. The topological polar surface area (TPSA) is 41.1 Å². The van der Waals surface area contributed by atoms with Crippen LogP contribution in [-0.4, -0.2) is 22.6 Å². The molecule has 1 unspecified atom stereocenters. The van der Waals surface area contributed by atoms with Crippen molar-refractivity contribution < 1.29 is 26.3 Å². The van der Waals surface area contributed by atoms with Gasteiger partial charge in [0.2, 0.25) is 0 Å². The molecule has 1 aliphatic heterocycles. The number of nitrogens with one attached hydrogen (secondary N) is 1. The number of hydrogen-bond acceptors (Lipinski definition) is 4. The lowest BCUT2D eigenvalue weighted by Crippen LogP contribution is -2.22. The highest BCUT2D eigenvalue weighted by Crippen LogP contribution is 2.45. The van der Waals surface area contributed by atoms with Crippen LogP contribution in [0.1, 0.15) is 55.1 Å². The summed E-state index contributed by atoms with van der Waals surface area (Å²) >= 11 is 0. The molecule has 2 aromatic rings. The number of aromatic nitrogens is 2. The lowest BCUT2D eigenvalue weighted by atomic mass is 10.1. The van der Waals surface area contributed by atoms with Crippen molar-refractivity contribution in [3.05, 3.63) is 40.7 Å². The van der Waals surface area contributed by atoms with E-state index in [1.54, 1.807) is 6.92 Å². The highest BCUT2D eigenvalue weighted by Gasteiger charge is 2.41. The predicted molar refractivity (Wildman–Crippen MR) is 109 cm³/mol. The first kappa shape index (κ1) is 22.7. The largest absolute Gasteiger partial charge is 0.418 e. The van der Waals surface area contributed by atoms with Crippen molar-refractivity contribution in [1.82, 2.24) is 9.97 Å². The molecule has 0 saturated heterocycles. The number of fused-ring (bicyclic) bond motifs is 1. The van der Waals surface area contributed by atoms with Crippen LogP contribution < -0.4 is 10.2 Å². The molecule has 4 rings (SSSR count). The summed E-state index contributed by atoms with van der Waals surface area (Å²) in [5, 5.41) is 3.44. The minimum Gasteiger partial charge on any atom is -0.367 e. The van der Waals surface area contributed by atoms with Crippen LogP contribution in [0, 0.1) is 12.8 Å². The number of nitrogens with zero attached hydrogens (tertiary/aromatic N) is 3. The molecule has 174 valence electrons. The molecule has 2 heterocycles. The lowest BCUT2D eigenvalue weighted by Gasteiger charge is -2.25. The van der Waals surface area contributed by atoms with E-state index < -0.39 is 23.5 Å². The van der Waals surface area contributed by atoms with Crippen molar-refractivity contribution in [2.45, 2.75) is 64.3 Å². The first-order chi connectivity index (χ1) is 15.0. The fraction of sp³-hybridized carbons (Fsp3) is 0.545. The van der Waals surface area contributed by atoms with E-state index in [9.17, 15) is 26.3 Å². The molecule has 10 heteroatoms. The summed E-state index contributed by atoms with van der Waals surface area (Å²) in [5.74, 6) is 2.00. The summed E-state index contributed by atoms with van der Waals surface area (Å²) in [4.78, 5) is 10.2. The number of rotatable bonds is 6. The van der Waals surface area contributed by atoms with Crippen molar-refractivity contribution in [3.8, 4) is 0 Å². The zero-order chi connectivity index (χ0) is 23.3. The Kier molecular flexibility index (Phi) is 5.75. The summed E-state index contributed by atoms with van der Waals surface area (Å²) in [6, 6.07) is 1.93. The predicted octanol–water partition coefficient (Wildman–Crippen LogP) is 6.51. The highest BCUT2D eigenvalue weighted by atomic mass is 19.4. The molecule has 0 bridgehead atoms. The molecule has 1 fully saturated rings. The summed E-state index contributed by atoms with van der Waals surface area (Å²) in [5.41, 5.74) is -2.30. The van der Waals surface area contributed by atoms with Crippen LogP contribution >= 0.6 is 0 Å². The molecular weight excluding hydrogens is 434 g/mol. The quantitative estimate of drug-likeness (QED) is 0.501. The average Bonchev–Trinajstić information content (AvgIpc) is 3.42. The van der Waals surface area contributed by atoms with Gasteiger partial charge in [-0.2, -0.15) is 26.3 Å². The van der Waals surface area contributed by atoms with Gasteiger partial charge in [-0.1, -0.05) is 19.8 Å². The summed E-state index contributed by atoms with van der Waals surface area (Å²) < 4.78 is 80.3. The minimum absolute atomic E-state index is 0.170. The van der Waals surface area contributed by atoms with Crippen molar-refractivity contribution in [1.29, 1.82) is 0 Å². The lowest BCUT2D eigenvalue weighted by molar-refractivity contribution is -0.142. The van der Waals surface area contributed by atoms with Gasteiger partial charge >= 0.3 is 12.4 Å². The van der Waals surface area contributed by atoms with Gasteiger partial charge in [0.25, 0.3) is 0 Å². The fourth-order valence-electron chi connectivity index (χ4n) is 4.17. The molecule has 1 N–H and O–H groups in total.